The summed E-state index contributed by atoms with van der Waals surface area (Å²) in [4.78, 5) is 12.6. The van der Waals surface area contributed by atoms with Crippen LogP contribution in [0.2, 0.25) is 0 Å². The van der Waals surface area contributed by atoms with Gasteiger partial charge >= 0.3 is 5.97 Å². The molecule has 1 aromatic rings. The van der Waals surface area contributed by atoms with Gasteiger partial charge in [-0.25, -0.2) is 0 Å². The largest absolute Gasteiger partial charge is 0.480 e. The molecule has 0 bridgehead atoms. The Kier molecular flexibility index (Phi) is 3.25. The van der Waals surface area contributed by atoms with Crippen molar-refractivity contribution in [1.82, 2.24) is 4.90 Å². The summed E-state index contributed by atoms with van der Waals surface area (Å²) >= 11 is 0. The number of nitrogens with zero attached hydrogens (tertiary/aromatic N) is 1. The van der Waals surface area contributed by atoms with E-state index in [1.165, 1.54) is 11.1 Å². The topological polar surface area (TPSA) is 40.5 Å². The number of hydrogen-bond acceptors (Lipinski definition) is 2. The second kappa shape index (κ2) is 4.66. The molecule has 1 aliphatic carbocycles. The van der Waals surface area contributed by atoms with Crippen LogP contribution in [-0.4, -0.2) is 35.6 Å². The molecule has 2 rings (SSSR count). The number of rotatable bonds is 3. The number of aliphatic carboxylic acids is 1. The lowest BCUT2D eigenvalue weighted by Gasteiger charge is -2.31. The van der Waals surface area contributed by atoms with Crippen LogP contribution in [-0.2, 0) is 17.6 Å². The van der Waals surface area contributed by atoms with E-state index in [2.05, 4.69) is 24.3 Å². The van der Waals surface area contributed by atoms with Crippen molar-refractivity contribution in [2.45, 2.75) is 25.3 Å². The minimum atomic E-state index is -0.749. The van der Waals surface area contributed by atoms with E-state index in [4.69, 9.17) is 5.11 Å². The SMILES string of the molecule is CN(CC(=O)O)C1CCc2ccccc2C1. The molecule has 16 heavy (non-hydrogen) atoms. The maximum absolute atomic E-state index is 10.7. The average Bonchev–Trinajstić information content (AvgIpc) is 2.27. The molecule has 1 aromatic carbocycles. The van der Waals surface area contributed by atoms with Gasteiger partial charge in [-0.05, 0) is 37.4 Å². The zero-order valence-corrected chi connectivity index (χ0v) is 9.52. The highest BCUT2D eigenvalue weighted by atomic mass is 16.4. The Morgan fingerprint density at radius 3 is 2.81 bits per heavy atom. The Bertz CT molecular complexity index is 389. The van der Waals surface area contributed by atoms with Gasteiger partial charge in [-0.1, -0.05) is 24.3 Å². The minimum Gasteiger partial charge on any atom is -0.480 e. The van der Waals surface area contributed by atoms with E-state index in [1.54, 1.807) is 0 Å². The normalized spacial score (nSPS) is 19.5. The number of likely N-dealkylation sites (N-methyl/N-ethyl adjacent to an activating group) is 1. The number of hydrogen-bond donors (Lipinski definition) is 1. The second-order valence-electron chi connectivity index (χ2n) is 4.47. The number of carbonyl (C=O) groups is 1. The summed E-state index contributed by atoms with van der Waals surface area (Å²) in [5.74, 6) is -0.749. The molecule has 0 saturated carbocycles. The summed E-state index contributed by atoms with van der Waals surface area (Å²) in [6, 6.07) is 8.81. The Labute approximate surface area is 95.7 Å². The van der Waals surface area contributed by atoms with E-state index < -0.39 is 5.97 Å². The van der Waals surface area contributed by atoms with Crippen molar-refractivity contribution in [1.29, 1.82) is 0 Å². The molecule has 1 N–H and O–H groups in total. The summed E-state index contributed by atoms with van der Waals surface area (Å²) in [5.41, 5.74) is 2.79. The number of fused-ring (bicyclic) bond motifs is 1. The highest BCUT2D eigenvalue weighted by molar-refractivity contribution is 5.69. The van der Waals surface area contributed by atoms with Crippen molar-refractivity contribution in [3.8, 4) is 0 Å². The van der Waals surface area contributed by atoms with Crippen LogP contribution in [0.1, 0.15) is 17.5 Å². The molecule has 0 radical (unpaired) electrons. The molecule has 3 nitrogen and oxygen atoms in total. The Balaban J connectivity index is 2.05. The molecule has 0 spiro atoms. The monoisotopic (exact) mass is 219 g/mol. The maximum atomic E-state index is 10.7. The molecular weight excluding hydrogens is 202 g/mol. The average molecular weight is 219 g/mol. The lowest BCUT2D eigenvalue weighted by atomic mass is 9.88. The van der Waals surface area contributed by atoms with Crippen LogP contribution >= 0.6 is 0 Å². The molecule has 0 aromatic heterocycles. The summed E-state index contributed by atoms with van der Waals surface area (Å²) in [6.45, 7) is 0.132. The van der Waals surface area contributed by atoms with E-state index in [-0.39, 0.29) is 6.54 Å². The maximum Gasteiger partial charge on any atom is 0.317 e. The van der Waals surface area contributed by atoms with Gasteiger partial charge in [0, 0.05) is 6.04 Å². The highest BCUT2D eigenvalue weighted by Crippen LogP contribution is 2.23. The van der Waals surface area contributed by atoms with Crippen molar-refractivity contribution < 1.29 is 9.90 Å². The third kappa shape index (κ3) is 2.42. The van der Waals surface area contributed by atoms with Gasteiger partial charge in [0.05, 0.1) is 6.54 Å². The van der Waals surface area contributed by atoms with Crippen LogP contribution in [0, 0.1) is 0 Å². The number of benzene rings is 1. The lowest BCUT2D eigenvalue weighted by Crippen LogP contribution is -2.39. The van der Waals surface area contributed by atoms with Gasteiger partial charge in [0.1, 0.15) is 0 Å². The summed E-state index contributed by atoms with van der Waals surface area (Å²) in [7, 11) is 1.90. The van der Waals surface area contributed by atoms with Crippen LogP contribution < -0.4 is 0 Å². The zero-order chi connectivity index (χ0) is 11.5. The Morgan fingerprint density at radius 1 is 1.44 bits per heavy atom. The third-order valence-corrected chi connectivity index (χ3v) is 3.33. The Morgan fingerprint density at radius 2 is 2.12 bits per heavy atom. The number of aryl methyl sites for hydroxylation is 1. The molecule has 86 valence electrons. The zero-order valence-electron chi connectivity index (χ0n) is 9.52. The molecule has 0 fully saturated rings. The van der Waals surface area contributed by atoms with E-state index in [1.807, 2.05) is 11.9 Å². The van der Waals surface area contributed by atoms with Gasteiger partial charge in [0.15, 0.2) is 0 Å². The van der Waals surface area contributed by atoms with Crippen molar-refractivity contribution in [3.05, 3.63) is 35.4 Å². The first-order valence-corrected chi connectivity index (χ1v) is 5.65. The Hall–Kier alpha value is -1.35. The van der Waals surface area contributed by atoms with Crippen LogP contribution in [0.15, 0.2) is 24.3 Å². The fourth-order valence-electron chi connectivity index (χ4n) is 2.40. The van der Waals surface area contributed by atoms with Gasteiger partial charge in [0.25, 0.3) is 0 Å². The second-order valence-corrected chi connectivity index (χ2v) is 4.47. The third-order valence-electron chi connectivity index (χ3n) is 3.33. The number of carboxylic acid groups (broad SMARTS) is 1. The van der Waals surface area contributed by atoms with Crippen LogP contribution in [0.3, 0.4) is 0 Å². The van der Waals surface area contributed by atoms with Crippen LogP contribution in [0.4, 0.5) is 0 Å². The molecule has 1 atom stereocenters. The highest BCUT2D eigenvalue weighted by Gasteiger charge is 2.22. The van der Waals surface area contributed by atoms with E-state index >= 15 is 0 Å². The molecular formula is C13H17NO2. The van der Waals surface area contributed by atoms with Crippen LogP contribution in [0.5, 0.6) is 0 Å². The smallest absolute Gasteiger partial charge is 0.317 e. The first kappa shape index (κ1) is 11.1. The van der Waals surface area contributed by atoms with Crippen molar-refractivity contribution in [3.63, 3.8) is 0 Å². The quantitative estimate of drug-likeness (QED) is 0.838. The summed E-state index contributed by atoms with van der Waals surface area (Å²) in [6.07, 6.45) is 3.09. The molecule has 0 saturated heterocycles. The van der Waals surface area contributed by atoms with Gasteiger partial charge in [-0.15, -0.1) is 0 Å². The minimum absolute atomic E-state index is 0.132. The summed E-state index contributed by atoms with van der Waals surface area (Å²) < 4.78 is 0. The van der Waals surface area contributed by atoms with E-state index in [9.17, 15) is 4.79 Å². The lowest BCUT2D eigenvalue weighted by molar-refractivity contribution is -0.138. The standard InChI is InChI=1S/C13H17NO2/c1-14(9-13(15)16)12-7-6-10-4-2-3-5-11(10)8-12/h2-5,12H,6-9H2,1H3,(H,15,16). The fraction of sp³-hybridized carbons (Fsp3) is 0.462. The predicted octanol–water partition coefficient (Wildman–Crippen LogP) is 1.56. The van der Waals surface area contributed by atoms with Crippen LogP contribution in [0.25, 0.3) is 0 Å². The van der Waals surface area contributed by atoms with Gasteiger partial charge < -0.3 is 5.11 Å². The molecule has 0 amide bonds. The first-order valence-electron chi connectivity index (χ1n) is 5.65. The molecule has 0 heterocycles. The van der Waals surface area contributed by atoms with Gasteiger partial charge in [-0.3, -0.25) is 9.69 Å². The summed E-state index contributed by atoms with van der Waals surface area (Å²) in [5, 5.41) is 8.77. The van der Waals surface area contributed by atoms with E-state index in [0.29, 0.717) is 6.04 Å². The van der Waals surface area contributed by atoms with Gasteiger partial charge in [0.2, 0.25) is 0 Å². The van der Waals surface area contributed by atoms with E-state index in [0.717, 1.165) is 19.3 Å². The number of carboxylic acids is 1. The molecule has 3 heteroatoms. The van der Waals surface area contributed by atoms with Crippen molar-refractivity contribution >= 4 is 5.97 Å². The predicted molar refractivity (Wildman–Crippen MR) is 62.5 cm³/mol. The first-order chi connectivity index (χ1) is 7.66. The molecule has 0 aliphatic heterocycles. The fourth-order valence-corrected chi connectivity index (χ4v) is 2.40. The van der Waals surface area contributed by atoms with Gasteiger partial charge in [-0.2, -0.15) is 0 Å². The molecule has 1 unspecified atom stereocenters. The molecule has 1 aliphatic rings. The van der Waals surface area contributed by atoms with Crippen molar-refractivity contribution in [2.75, 3.05) is 13.6 Å². The van der Waals surface area contributed by atoms with Crippen molar-refractivity contribution in [2.24, 2.45) is 0 Å².